The summed E-state index contributed by atoms with van der Waals surface area (Å²) in [6.45, 7) is 5.89. The van der Waals surface area contributed by atoms with E-state index in [-0.39, 0.29) is 11.1 Å². The summed E-state index contributed by atoms with van der Waals surface area (Å²) in [5.74, 6) is 0.989. The van der Waals surface area contributed by atoms with Gasteiger partial charge in [-0.25, -0.2) is 19.2 Å². The van der Waals surface area contributed by atoms with Crippen molar-refractivity contribution >= 4 is 23.4 Å². The molecule has 2 amide bonds. The smallest absolute Gasteiger partial charge is 0.320 e. The normalized spacial score (nSPS) is 18.3. The number of rotatable bonds is 5. The number of hydrogen-bond donors (Lipinski definition) is 1. The topological polar surface area (TPSA) is 78.6 Å². The zero-order valence-corrected chi connectivity index (χ0v) is 18.5. The third-order valence-electron chi connectivity index (χ3n) is 6.13. The number of anilines is 1. The number of benzene rings is 1. The summed E-state index contributed by atoms with van der Waals surface area (Å²) in [7, 11) is 0. The van der Waals surface area contributed by atoms with Crippen LogP contribution < -0.4 is 10.6 Å². The molecule has 0 radical (unpaired) electrons. The standard InChI is InChI=1S/C22H28ClFN6O/c1-15-2-5-19-20(15)21(27-14-26-19)28-8-10-29(11-9-28)22(31)30(7-6-25)13-16-3-4-17(23)18(24)12-16/h3-4,12,14-15H,2,5-11,13,25H2,1H3/t15-/m1/s1. The Bertz CT molecular complexity index is 950. The van der Waals surface area contributed by atoms with Gasteiger partial charge in [-0.05, 0) is 36.5 Å². The molecule has 2 heterocycles. The van der Waals surface area contributed by atoms with Crippen LogP contribution >= 0.6 is 11.6 Å². The van der Waals surface area contributed by atoms with Gasteiger partial charge in [-0.1, -0.05) is 24.6 Å². The second-order valence-electron chi connectivity index (χ2n) is 8.21. The fourth-order valence-corrected chi connectivity index (χ4v) is 4.56. The van der Waals surface area contributed by atoms with Crippen molar-refractivity contribution < 1.29 is 9.18 Å². The van der Waals surface area contributed by atoms with Gasteiger partial charge in [0, 0.05) is 57.1 Å². The maximum absolute atomic E-state index is 13.8. The van der Waals surface area contributed by atoms with Crippen LogP contribution in [0.5, 0.6) is 0 Å². The molecule has 9 heteroatoms. The summed E-state index contributed by atoms with van der Waals surface area (Å²) in [5, 5.41) is 0.0714. The molecule has 2 aliphatic rings. The number of nitrogens with zero attached hydrogens (tertiary/aromatic N) is 5. The molecule has 1 aromatic heterocycles. The Labute approximate surface area is 187 Å². The Balaban J connectivity index is 1.42. The van der Waals surface area contributed by atoms with Gasteiger partial charge in [-0.3, -0.25) is 0 Å². The van der Waals surface area contributed by atoms with Crippen LogP contribution in [0.4, 0.5) is 15.0 Å². The van der Waals surface area contributed by atoms with Gasteiger partial charge >= 0.3 is 6.03 Å². The van der Waals surface area contributed by atoms with E-state index in [4.69, 9.17) is 17.3 Å². The van der Waals surface area contributed by atoms with Crippen LogP contribution in [-0.4, -0.2) is 65.1 Å². The van der Waals surface area contributed by atoms with Gasteiger partial charge in [0.05, 0.1) is 5.02 Å². The van der Waals surface area contributed by atoms with E-state index >= 15 is 0 Å². The number of aromatic nitrogens is 2. The van der Waals surface area contributed by atoms with Gasteiger partial charge in [-0.2, -0.15) is 0 Å². The van der Waals surface area contributed by atoms with E-state index in [0.29, 0.717) is 57.3 Å². The molecule has 4 rings (SSSR count). The fourth-order valence-electron chi connectivity index (χ4n) is 4.44. The predicted octanol–water partition coefficient (Wildman–Crippen LogP) is 3.02. The largest absolute Gasteiger partial charge is 0.353 e. The molecular formula is C22H28ClFN6O. The molecule has 0 unspecified atom stereocenters. The van der Waals surface area contributed by atoms with Gasteiger partial charge in [0.15, 0.2) is 0 Å². The molecular weight excluding hydrogens is 419 g/mol. The van der Waals surface area contributed by atoms with Crippen molar-refractivity contribution in [3.8, 4) is 0 Å². The number of hydrogen-bond acceptors (Lipinski definition) is 5. The summed E-state index contributed by atoms with van der Waals surface area (Å²) >= 11 is 5.77. The molecule has 2 aromatic rings. The van der Waals surface area contributed by atoms with Crippen molar-refractivity contribution in [1.82, 2.24) is 19.8 Å². The first-order chi connectivity index (χ1) is 15.0. The molecule has 1 atom stereocenters. The minimum Gasteiger partial charge on any atom is -0.353 e. The van der Waals surface area contributed by atoms with Gasteiger partial charge in [0.1, 0.15) is 18.0 Å². The van der Waals surface area contributed by atoms with Crippen LogP contribution in [-0.2, 0) is 13.0 Å². The average Bonchev–Trinajstić information content (AvgIpc) is 3.17. The van der Waals surface area contributed by atoms with E-state index in [0.717, 1.165) is 24.4 Å². The van der Waals surface area contributed by atoms with Gasteiger partial charge in [0.25, 0.3) is 0 Å². The Morgan fingerprint density at radius 3 is 2.77 bits per heavy atom. The summed E-state index contributed by atoms with van der Waals surface area (Å²) in [5.41, 5.74) is 8.84. The summed E-state index contributed by atoms with van der Waals surface area (Å²) in [4.78, 5) is 27.9. The molecule has 7 nitrogen and oxygen atoms in total. The van der Waals surface area contributed by atoms with Crippen LogP contribution in [0.1, 0.15) is 36.1 Å². The maximum atomic E-state index is 13.8. The summed E-state index contributed by atoms with van der Waals surface area (Å²) in [6, 6.07) is 4.53. The zero-order valence-electron chi connectivity index (χ0n) is 17.7. The second kappa shape index (κ2) is 9.36. The molecule has 0 spiro atoms. The lowest BCUT2D eigenvalue weighted by Crippen LogP contribution is -2.53. The fraction of sp³-hybridized carbons (Fsp3) is 0.500. The van der Waals surface area contributed by atoms with E-state index in [2.05, 4.69) is 21.8 Å². The van der Waals surface area contributed by atoms with Crippen LogP contribution in [0, 0.1) is 5.82 Å². The van der Waals surface area contributed by atoms with E-state index < -0.39 is 5.82 Å². The molecule has 1 aromatic carbocycles. The molecule has 1 aliphatic carbocycles. The molecule has 0 saturated carbocycles. The monoisotopic (exact) mass is 446 g/mol. The van der Waals surface area contributed by atoms with Crippen LogP contribution in [0.2, 0.25) is 5.02 Å². The molecule has 166 valence electrons. The molecule has 1 fully saturated rings. The lowest BCUT2D eigenvalue weighted by atomic mass is 10.1. The molecule has 2 N–H and O–H groups in total. The third kappa shape index (κ3) is 4.60. The van der Waals surface area contributed by atoms with E-state index in [1.54, 1.807) is 17.3 Å². The quantitative estimate of drug-likeness (QED) is 0.763. The number of halogens is 2. The molecule has 1 saturated heterocycles. The Hall–Kier alpha value is -2.45. The lowest BCUT2D eigenvalue weighted by molar-refractivity contribution is 0.148. The highest BCUT2D eigenvalue weighted by atomic mass is 35.5. The number of carbonyl (C=O) groups excluding carboxylic acids is 1. The van der Waals surface area contributed by atoms with Gasteiger partial charge < -0.3 is 20.4 Å². The minimum atomic E-state index is -0.487. The number of piperazine rings is 1. The molecule has 1 aliphatic heterocycles. The lowest BCUT2D eigenvalue weighted by Gasteiger charge is -2.38. The molecule has 0 bridgehead atoms. The first-order valence-corrected chi connectivity index (χ1v) is 11.1. The van der Waals surface area contributed by atoms with Crippen molar-refractivity contribution in [2.24, 2.45) is 5.73 Å². The molecule has 31 heavy (non-hydrogen) atoms. The van der Waals surface area contributed by atoms with Gasteiger partial charge in [-0.15, -0.1) is 0 Å². The first-order valence-electron chi connectivity index (χ1n) is 10.7. The van der Waals surface area contributed by atoms with Crippen molar-refractivity contribution in [1.29, 1.82) is 0 Å². The highest BCUT2D eigenvalue weighted by molar-refractivity contribution is 6.30. The van der Waals surface area contributed by atoms with Crippen LogP contribution in [0.3, 0.4) is 0 Å². The number of nitrogens with two attached hydrogens (primary N) is 1. The predicted molar refractivity (Wildman–Crippen MR) is 119 cm³/mol. The number of amides is 2. The highest BCUT2D eigenvalue weighted by Crippen LogP contribution is 2.37. The van der Waals surface area contributed by atoms with Crippen molar-refractivity contribution in [2.75, 3.05) is 44.2 Å². The van der Waals surface area contributed by atoms with Gasteiger partial charge in [0.2, 0.25) is 0 Å². The Morgan fingerprint density at radius 1 is 1.29 bits per heavy atom. The van der Waals surface area contributed by atoms with Crippen molar-refractivity contribution in [3.05, 3.63) is 52.2 Å². The van der Waals surface area contributed by atoms with Crippen molar-refractivity contribution in [2.45, 2.75) is 32.2 Å². The third-order valence-corrected chi connectivity index (χ3v) is 6.44. The minimum absolute atomic E-state index is 0.0714. The highest BCUT2D eigenvalue weighted by Gasteiger charge is 2.30. The number of urea groups is 1. The van der Waals surface area contributed by atoms with E-state index in [1.807, 2.05) is 4.90 Å². The number of carbonyl (C=O) groups is 1. The number of aryl methyl sites for hydroxylation is 1. The van der Waals surface area contributed by atoms with Crippen LogP contribution in [0.25, 0.3) is 0 Å². The Kier molecular flexibility index (Phi) is 6.57. The van der Waals surface area contributed by atoms with Crippen molar-refractivity contribution in [3.63, 3.8) is 0 Å². The first kappa shape index (κ1) is 21.8. The van der Waals surface area contributed by atoms with E-state index in [1.165, 1.54) is 17.7 Å². The maximum Gasteiger partial charge on any atom is 0.320 e. The van der Waals surface area contributed by atoms with E-state index in [9.17, 15) is 9.18 Å². The van der Waals surface area contributed by atoms with Crippen LogP contribution in [0.15, 0.2) is 24.5 Å². The summed E-state index contributed by atoms with van der Waals surface area (Å²) in [6.07, 6.45) is 3.76. The Morgan fingerprint density at radius 2 is 2.06 bits per heavy atom. The zero-order chi connectivity index (χ0) is 22.0. The average molecular weight is 447 g/mol. The number of fused-ring (bicyclic) bond motifs is 1. The second-order valence-corrected chi connectivity index (χ2v) is 8.62. The summed E-state index contributed by atoms with van der Waals surface area (Å²) < 4.78 is 13.8. The SMILES string of the molecule is C[C@@H]1CCc2ncnc(N3CCN(C(=O)N(CCN)Cc4ccc(Cl)c(F)c4)CC3)c21.